The van der Waals surface area contributed by atoms with Gasteiger partial charge in [0.1, 0.15) is 0 Å². The average Bonchev–Trinajstić information content (AvgIpc) is 2.78. The van der Waals surface area contributed by atoms with E-state index in [1.165, 1.54) is 38.6 Å². The Bertz CT molecular complexity index is 516. The van der Waals surface area contributed by atoms with Gasteiger partial charge in [0.15, 0.2) is 0 Å². The first kappa shape index (κ1) is 42.8. The molecule has 1 rings (SSSR count). The van der Waals surface area contributed by atoms with Gasteiger partial charge in [-0.25, -0.2) is 0 Å². The zero-order valence-electron chi connectivity index (χ0n) is 24.9. The second-order valence-electron chi connectivity index (χ2n) is 8.59. The predicted molar refractivity (Wildman–Crippen MR) is 151 cm³/mol. The highest BCUT2D eigenvalue weighted by atomic mass is 16.4. The zero-order chi connectivity index (χ0) is 30.6. The summed E-state index contributed by atoms with van der Waals surface area (Å²) >= 11 is 0. The van der Waals surface area contributed by atoms with Crippen LogP contribution in [0.15, 0.2) is 0 Å². The van der Waals surface area contributed by atoms with Crippen molar-refractivity contribution in [3.63, 3.8) is 0 Å². The highest BCUT2D eigenvalue weighted by Crippen LogP contribution is 2.30. The summed E-state index contributed by atoms with van der Waals surface area (Å²) < 4.78 is 0. The van der Waals surface area contributed by atoms with Crippen LogP contribution in [0.3, 0.4) is 0 Å². The Hall–Kier alpha value is -2.28. The zero-order valence-corrected chi connectivity index (χ0v) is 24.9. The maximum Gasteiger partial charge on any atom is 0.300 e. The number of aliphatic carboxylic acids is 4. The minimum Gasteiger partial charge on any atom is -0.481 e. The Morgan fingerprint density at radius 1 is 0.684 bits per heavy atom. The van der Waals surface area contributed by atoms with Gasteiger partial charge in [0.25, 0.3) is 23.9 Å². The molecular weight excluding hydrogens is 496 g/mol. The van der Waals surface area contributed by atoms with Crippen LogP contribution in [0.4, 0.5) is 0 Å². The van der Waals surface area contributed by atoms with E-state index in [1.807, 2.05) is 0 Å². The molecule has 1 heterocycles. The Balaban J connectivity index is -0.000000294. The van der Waals surface area contributed by atoms with Gasteiger partial charge in [-0.3, -0.25) is 24.1 Å². The maximum atomic E-state index is 9.00. The van der Waals surface area contributed by atoms with Gasteiger partial charge in [-0.2, -0.15) is 0 Å². The van der Waals surface area contributed by atoms with E-state index >= 15 is 0 Å². The van der Waals surface area contributed by atoms with Crippen LogP contribution in [0.1, 0.15) is 87.5 Å². The van der Waals surface area contributed by atoms with Crippen LogP contribution >= 0.6 is 0 Å². The first-order valence-corrected chi connectivity index (χ1v) is 13.4. The third kappa shape index (κ3) is 31.7. The van der Waals surface area contributed by atoms with Gasteiger partial charge in [0.05, 0.1) is 0 Å². The number of likely N-dealkylation sites (N-methyl/N-ethyl adjacent to an activating group) is 1. The van der Waals surface area contributed by atoms with Crippen molar-refractivity contribution < 1.29 is 39.6 Å². The van der Waals surface area contributed by atoms with E-state index in [2.05, 4.69) is 48.5 Å². The fourth-order valence-electron chi connectivity index (χ4n) is 4.13. The first-order chi connectivity index (χ1) is 17.7. The molecule has 0 bridgehead atoms. The average molecular weight is 553 g/mol. The van der Waals surface area contributed by atoms with Crippen LogP contribution in [-0.2, 0) is 19.2 Å². The van der Waals surface area contributed by atoms with Crippen molar-refractivity contribution in [3.8, 4) is 0 Å². The summed E-state index contributed by atoms with van der Waals surface area (Å²) in [6.07, 6.45) is 6.13. The SMILES string of the molecule is CC(=O)O.CC(=O)O.CC(=O)O.CC(=O)O.CCC1NCCCNCCNCCCN(CC)C1(CC)CC. The van der Waals surface area contributed by atoms with Gasteiger partial charge >= 0.3 is 0 Å². The molecule has 1 atom stereocenters. The minimum atomic E-state index is -0.833. The van der Waals surface area contributed by atoms with Gasteiger partial charge < -0.3 is 36.4 Å². The van der Waals surface area contributed by atoms with Gasteiger partial charge in [-0.05, 0) is 64.8 Å². The van der Waals surface area contributed by atoms with Crippen LogP contribution < -0.4 is 16.0 Å². The van der Waals surface area contributed by atoms with Gasteiger partial charge in [0.2, 0.25) is 0 Å². The molecule has 0 aromatic carbocycles. The van der Waals surface area contributed by atoms with Crippen molar-refractivity contribution >= 4 is 23.9 Å². The molecule has 12 nitrogen and oxygen atoms in total. The third-order valence-corrected chi connectivity index (χ3v) is 5.47. The summed E-state index contributed by atoms with van der Waals surface area (Å²) in [5.74, 6) is -3.33. The van der Waals surface area contributed by atoms with Crippen molar-refractivity contribution in [2.75, 3.05) is 45.8 Å². The quantitative estimate of drug-likeness (QED) is 0.270. The lowest BCUT2D eigenvalue weighted by Gasteiger charge is -2.48. The van der Waals surface area contributed by atoms with E-state index < -0.39 is 23.9 Å². The van der Waals surface area contributed by atoms with E-state index in [4.69, 9.17) is 39.6 Å². The maximum absolute atomic E-state index is 9.00. The first-order valence-electron chi connectivity index (χ1n) is 13.4. The Morgan fingerprint density at radius 2 is 1.05 bits per heavy atom. The summed E-state index contributed by atoms with van der Waals surface area (Å²) in [6.45, 7) is 21.7. The summed E-state index contributed by atoms with van der Waals surface area (Å²) in [7, 11) is 0. The Kier molecular flexibility index (Phi) is 33.0. The number of carboxylic acids is 4. The number of carbonyl (C=O) groups is 4. The number of carboxylic acid groups (broad SMARTS) is 4. The van der Waals surface area contributed by atoms with E-state index in [0.29, 0.717) is 11.6 Å². The molecule has 0 aromatic heterocycles. The molecule has 0 saturated carbocycles. The molecule has 0 spiro atoms. The van der Waals surface area contributed by atoms with Crippen molar-refractivity contribution in [2.45, 2.75) is 99.1 Å². The fraction of sp³-hybridized carbons (Fsp3) is 0.846. The smallest absolute Gasteiger partial charge is 0.300 e. The normalized spacial score (nSPS) is 17.9. The molecular formula is C26H56N4O8. The van der Waals surface area contributed by atoms with E-state index in [9.17, 15) is 0 Å². The number of nitrogens with one attached hydrogen (secondary N) is 3. The highest BCUT2D eigenvalue weighted by molar-refractivity contribution is 5.63. The van der Waals surface area contributed by atoms with Gasteiger partial charge in [-0.1, -0.05) is 27.7 Å². The van der Waals surface area contributed by atoms with Crippen LogP contribution in [0.25, 0.3) is 0 Å². The second-order valence-corrected chi connectivity index (χ2v) is 8.59. The molecule has 1 fully saturated rings. The molecule has 0 amide bonds. The molecule has 0 aliphatic carbocycles. The van der Waals surface area contributed by atoms with Crippen molar-refractivity contribution in [2.24, 2.45) is 0 Å². The van der Waals surface area contributed by atoms with Crippen LogP contribution in [0.2, 0.25) is 0 Å². The Morgan fingerprint density at radius 3 is 1.37 bits per heavy atom. The van der Waals surface area contributed by atoms with Gasteiger partial charge in [-0.15, -0.1) is 0 Å². The van der Waals surface area contributed by atoms with Crippen molar-refractivity contribution in [3.05, 3.63) is 0 Å². The summed E-state index contributed by atoms with van der Waals surface area (Å²) in [6, 6.07) is 0.596. The van der Waals surface area contributed by atoms with Crippen molar-refractivity contribution in [1.29, 1.82) is 0 Å². The van der Waals surface area contributed by atoms with Crippen LogP contribution in [0.5, 0.6) is 0 Å². The predicted octanol–water partition coefficient (Wildman–Crippen LogP) is 2.57. The molecule has 0 aromatic rings. The van der Waals surface area contributed by atoms with E-state index in [1.54, 1.807) is 0 Å². The number of hydrogen-bond donors (Lipinski definition) is 7. The molecule has 1 unspecified atom stereocenters. The molecule has 1 aliphatic heterocycles. The summed E-state index contributed by atoms with van der Waals surface area (Å²) in [4.78, 5) is 38.7. The number of hydrogen-bond acceptors (Lipinski definition) is 8. The Labute approximate surface area is 229 Å². The lowest BCUT2D eigenvalue weighted by Crippen LogP contribution is -2.61. The topological polar surface area (TPSA) is 189 Å². The van der Waals surface area contributed by atoms with Gasteiger partial charge in [0, 0.05) is 52.4 Å². The lowest BCUT2D eigenvalue weighted by atomic mass is 9.80. The van der Waals surface area contributed by atoms with Crippen molar-refractivity contribution in [1.82, 2.24) is 20.9 Å². The molecule has 228 valence electrons. The standard InChI is InChI=1S/C18H40N4.4C2H4O2/c1-5-17-18(6-2,7-3)22(8-4)16-10-12-20-15-14-19-11-9-13-21-17;4*1-2(3)4/h17,19-21H,5-16H2,1-4H3;4*1H3,(H,3,4). The van der Waals surface area contributed by atoms with Crippen LogP contribution in [0, 0.1) is 0 Å². The lowest BCUT2D eigenvalue weighted by molar-refractivity contribution is -0.135. The van der Waals surface area contributed by atoms with E-state index in [-0.39, 0.29) is 0 Å². The minimum absolute atomic E-state index is 0.307. The molecule has 1 aliphatic rings. The molecule has 0 radical (unpaired) electrons. The second kappa shape index (κ2) is 29.3. The largest absolute Gasteiger partial charge is 0.481 e. The highest BCUT2D eigenvalue weighted by Gasteiger charge is 2.38. The molecule has 1 saturated heterocycles. The molecule has 7 N–H and O–H groups in total. The molecule has 12 heteroatoms. The van der Waals surface area contributed by atoms with E-state index in [0.717, 1.165) is 67.0 Å². The number of nitrogens with zero attached hydrogens (tertiary/aromatic N) is 1. The number of rotatable bonds is 4. The summed E-state index contributed by atoms with van der Waals surface area (Å²) in [5, 5.41) is 40.6. The molecule has 38 heavy (non-hydrogen) atoms. The third-order valence-electron chi connectivity index (χ3n) is 5.47. The summed E-state index contributed by atoms with van der Waals surface area (Å²) in [5.41, 5.74) is 0.307. The monoisotopic (exact) mass is 552 g/mol. The fourth-order valence-corrected chi connectivity index (χ4v) is 4.13. The van der Waals surface area contributed by atoms with Crippen LogP contribution in [-0.4, -0.2) is 107 Å².